The van der Waals surface area contributed by atoms with Gasteiger partial charge in [0.15, 0.2) is 0 Å². The zero-order valence-corrected chi connectivity index (χ0v) is 12.7. The van der Waals surface area contributed by atoms with Crippen LogP contribution in [0.3, 0.4) is 0 Å². The minimum Gasteiger partial charge on any atom is -0.490 e. The van der Waals surface area contributed by atoms with Crippen LogP contribution in [0.25, 0.3) is 0 Å². The summed E-state index contributed by atoms with van der Waals surface area (Å²) in [5, 5.41) is 3.44. The van der Waals surface area contributed by atoms with E-state index in [4.69, 9.17) is 4.74 Å². The smallest absolute Gasteiger partial charge is 0.130 e. The van der Waals surface area contributed by atoms with E-state index in [0.717, 1.165) is 31.6 Å². The van der Waals surface area contributed by atoms with E-state index in [-0.39, 0.29) is 5.78 Å². The van der Waals surface area contributed by atoms with E-state index < -0.39 is 0 Å². The fourth-order valence-electron chi connectivity index (χ4n) is 2.67. The molecule has 110 valence electrons. The van der Waals surface area contributed by atoms with Crippen LogP contribution in [-0.2, 0) is 11.2 Å². The number of benzene rings is 1. The second kappa shape index (κ2) is 6.89. The summed E-state index contributed by atoms with van der Waals surface area (Å²) in [6.45, 7) is 6.88. The molecule has 0 saturated heterocycles. The third-order valence-corrected chi connectivity index (χ3v) is 3.77. The Hall–Kier alpha value is -1.35. The van der Waals surface area contributed by atoms with Gasteiger partial charge in [0.1, 0.15) is 17.6 Å². The Balaban J connectivity index is 1.90. The number of ether oxygens (including phenoxy) is 1. The molecule has 0 unspecified atom stereocenters. The molecule has 1 aromatic carbocycles. The van der Waals surface area contributed by atoms with E-state index >= 15 is 0 Å². The first-order valence-electron chi connectivity index (χ1n) is 7.57. The molecule has 2 rings (SSSR count). The van der Waals surface area contributed by atoms with Gasteiger partial charge in [-0.05, 0) is 62.9 Å². The van der Waals surface area contributed by atoms with Crippen LogP contribution < -0.4 is 10.1 Å². The fraction of sp³-hybridized carbons (Fsp3) is 0.588. The van der Waals surface area contributed by atoms with Gasteiger partial charge in [0.2, 0.25) is 0 Å². The van der Waals surface area contributed by atoms with E-state index in [2.05, 4.69) is 37.4 Å². The number of Topliss-reactive ketones (excluding diaryl/α,β-unsaturated/α-hetero) is 1. The summed E-state index contributed by atoms with van der Waals surface area (Å²) in [7, 11) is 0. The van der Waals surface area contributed by atoms with Gasteiger partial charge < -0.3 is 14.8 Å². The molecule has 0 amide bonds. The highest BCUT2D eigenvalue weighted by Gasteiger charge is 2.29. The van der Waals surface area contributed by atoms with Crippen molar-refractivity contribution in [3.63, 3.8) is 0 Å². The lowest BCUT2D eigenvalue weighted by molar-refractivity contribution is -0.116. The summed E-state index contributed by atoms with van der Waals surface area (Å²) < 4.78 is 6.03. The van der Waals surface area contributed by atoms with Gasteiger partial charge >= 0.3 is 0 Å². The first kappa shape index (κ1) is 15.0. The Bertz CT molecular complexity index is 464. The number of ketones is 1. The van der Waals surface area contributed by atoms with Gasteiger partial charge in [-0.3, -0.25) is 0 Å². The van der Waals surface area contributed by atoms with Crippen molar-refractivity contribution in [3.8, 4) is 5.75 Å². The van der Waals surface area contributed by atoms with Crippen LogP contribution in [0.4, 0.5) is 0 Å². The Labute approximate surface area is 121 Å². The molecular formula is C17H25NO2. The molecule has 20 heavy (non-hydrogen) atoms. The van der Waals surface area contributed by atoms with Gasteiger partial charge in [0, 0.05) is 12.5 Å². The molecule has 0 radical (unpaired) electrons. The number of hydrogen-bond donors (Lipinski definition) is 1. The predicted octanol–water partition coefficient (Wildman–Crippen LogP) is 3.04. The Morgan fingerprint density at radius 2 is 2.10 bits per heavy atom. The van der Waals surface area contributed by atoms with Crippen molar-refractivity contribution in [2.24, 2.45) is 0 Å². The normalized spacial score (nSPS) is 21.4. The van der Waals surface area contributed by atoms with E-state index in [1.165, 1.54) is 11.1 Å². The van der Waals surface area contributed by atoms with Crippen LogP contribution in [0.15, 0.2) is 18.2 Å². The van der Waals surface area contributed by atoms with Gasteiger partial charge in [-0.25, -0.2) is 0 Å². The molecule has 3 heteroatoms. The van der Waals surface area contributed by atoms with Crippen molar-refractivity contribution in [1.82, 2.24) is 5.32 Å². The van der Waals surface area contributed by atoms with Gasteiger partial charge in [0.05, 0.1) is 0 Å². The predicted molar refractivity (Wildman–Crippen MR) is 81.3 cm³/mol. The number of carbonyl (C=O) groups is 1. The molecule has 0 aromatic heterocycles. The van der Waals surface area contributed by atoms with Gasteiger partial charge in [0.25, 0.3) is 0 Å². The summed E-state index contributed by atoms with van der Waals surface area (Å²) in [4.78, 5) is 11.1. The zero-order valence-electron chi connectivity index (χ0n) is 12.7. The van der Waals surface area contributed by atoms with Crippen molar-refractivity contribution in [2.45, 2.75) is 58.6 Å². The average Bonchev–Trinajstić information content (AvgIpc) is 2.33. The molecular weight excluding hydrogens is 250 g/mol. The Morgan fingerprint density at radius 1 is 1.35 bits per heavy atom. The van der Waals surface area contributed by atoms with E-state index in [9.17, 15) is 4.79 Å². The molecule has 0 spiro atoms. The minimum atomic E-state index is 0.237. The average molecular weight is 275 g/mol. The van der Waals surface area contributed by atoms with Crippen molar-refractivity contribution < 1.29 is 9.53 Å². The van der Waals surface area contributed by atoms with Crippen LogP contribution in [-0.4, -0.2) is 24.5 Å². The summed E-state index contributed by atoms with van der Waals surface area (Å²) in [6.07, 6.45) is 3.92. The van der Waals surface area contributed by atoms with Crippen LogP contribution >= 0.6 is 0 Å². The second-order valence-electron chi connectivity index (χ2n) is 5.82. The van der Waals surface area contributed by atoms with Gasteiger partial charge in [-0.2, -0.15) is 0 Å². The fourth-order valence-corrected chi connectivity index (χ4v) is 2.67. The Kier molecular flexibility index (Phi) is 5.18. The number of nitrogens with one attached hydrogen (secondary N) is 1. The topological polar surface area (TPSA) is 38.3 Å². The zero-order chi connectivity index (χ0) is 14.5. The number of rotatable bonds is 7. The SMILES string of the molecule is CCNC1CC(Oc2cc(C)cc(CCC(C)=O)c2)C1. The summed E-state index contributed by atoms with van der Waals surface area (Å²) >= 11 is 0. The molecule has 1 N–H and O–H groups in total. The van der Waals surface area contributed by atoms with Crippen molar-refractivity contribution in [2.75, 3.05) is 6.54 Å². The largest absolute Gasteiger partial charge is 0.490 e. The summed E-state index contributed by atoms with van der Waals surface area (Å²) in [5.41, 5.74) is 2.39. The molecule has 1 aliphatic carbocycles. The highest BCUT2D eigenvalue weighted by molar-refractivity contribution is 5.75. The standard InChI is InChI=1S/C17H25NO2/c1-4-18-15-10-17(11-15)20-16-8-12(2)7-14(9-16)6-5-13(3)19/h7-9,15,17-18H,4-6,10-11H2,1-3H3. The van der Waals surface area contributed by atoms with E-state index in [0.29, 0.717) is 18.6 Å². The number of hydrogen-bond acceptors (Lipinski definition) is 3. The summed E-state index contributed by atoms with van der Waals surface area (Å²) in [5.74, 6) is 1.19. The number of carbonyl (C=O) groups excluding carboxylic acids is 1. The second-order valence-corrected chi connectivity index (χ2v) is 5.82. The maximum Gasteiger partial charge on any atom is 0.130 e. The van der Waals surface area contributed by atoms with Crippen LogP contribution in [0.1, 0.15) is 44.2 Å². The highest BCUT2D eigenvalue weighted by atomic mass is 16.5. The highest BCUT2D eigenvalue weighted by Crippen LogP contribution is 2.27. The molecule has 1 fully saturated rings. The quantitative estimate of drug-likeness (QED) is 0.831. The monoisotopic (exact) mass is 275 g/mol. The van der Waals surface area contributed by atoms with Crippen LogP contribution in [0, 0.1) is 6.92 Å². The maximum absolute atomic E-state index is 11.1. The van der Waals surface area contributed by atoms with Gasteiger partial charge in [-0.1, -0.05) is 13.0 Å². The molecule has 0 atom stereocenters. The molecule has 1 saturated carbocycles. The van der Waals surface area contributed by atoms with Crippen molar-refractivity contribution in [3.05, 3.63) is 29.3 Å². The first-order valence-corrected chi connectivity index (χ1v) is 7.57. The van der Waals surface area contributed by atoms with Crippen molar-refractivity contribution >= 4 is 5.78 Å². The van der Waals surface area contributed by atoms with Crippen molar-refractivity contribution in [1.29, 1.82) is 0 Å². The molecule has 0 heterocycles. The minimum absolute atomic E-state index is 0.237. The third-order valence-electron chi connectivity index (χ3n) is 3.77. The maximum atomic E-state index is 11.1. The molecule has 3 nitrogen and oxygen atoms in total. The Morgan fingerprint density at radius 3 is 2.75 bits per heavy atom. The van der Waals surface area contributed by atoms with E-state index in [1.807, 2.05) is 0 Å². The molecule has 1 aliphatic rings. The summed E-state index contributed by atoms with van der Waals surface area (Å²) in [6, 6.07) is 6.92. The number of aryl methyl sites for hydroxylation is 2. The molecule has 0 aliphatic heterocycles. The molecule has 0 bridgehead atoms. The van der Waals surface area contributed by atoms with Crippen LogP contribution in [0.2, 0.25) is 0 Å². The lowest BCUT2D eigenvalue weighted by Crippen LogP contribution is -2.46. The molecule has 1 aromatic rings. The van der Waals surface area contributed by atoms with E-state index in [1.54, 1.807) is 6.92 Å². The first-order chi connectivity index (χ1) is 9.56. The van der Waals surface area contributed by atoms with Crippen LogP contribution in [0.5, 0.6) is 5.75 Å². The lowest BCUT2D eigenvalue weighted by Gasteiger charge is -2.36. The lowest BCUT2D eigenvalue weighted by atomic mass is 9.89. The third kappa shape index (κ3) is 4.34. The van der Waals surface area contributed by atoms with Gasteiger partial charge in [-0.15, -0.1) is 0 Å².